The fraction of sp³-hybridized carbons (Fsp3) is 0. The van der Waals surface area contributed by atoms with E-state index in [0.29, 0.717) is 0 Å². The summed E-state index contributed by atoms with van der Waals surface area (Å²) in [5.41, 5.74) is 5.85. The summed E-state index contributed by atoms with van der Waals surface area (Å²) in [4.78, 5) is 0. The van der Waals surface area contributed by atoms with Crippen LogP contribution in [0.3, 0.4) is 0 Å². The monoisotopic (exact) mass is 294 g/mol. The van der Waals surface area contributed by atoms with E-state index in [4.69, 9.17) is 9.15 Å². The Morgan fingerprint density at radius 1 is 0.696 bits per heavy atom. The number of hydrogen-bond donors (Lipinski definition) is 0. The third kappa shape index (κ3) is 1.31. The molecule has 0 unspecified atom stereocenters. The minimum absolute atomic E-state index is 0.199. The van der Waals surface area contributed by atoms with Crippen molar-refractivity contribution >= 4 is 34.1 Å². The van der Waals surface area contributed by atoms with Gasteiger partial charge in [0.25, 0.3) is 6.71 Å². The lowest BCUT2D eigenvalue weighted by Crippen LogP contribution is -2.51. The van der Waals surface area contributed by atoms with Gasteiger partial charge < -0.3 is 9.15 Å². The molecule has 3 heteroatoms. The number of furan rings is 1. The molecule has 0 bridgehead atoms. The summed E-state index contributed by atoms with van der Waals surface area (Å²) < 4.78 is 12.4. The Balaban J connectivity index is 1.80. The minimum atomic E-state index is 0.199. The van der Waals surface area contributed by atoms with Crippen LogP contribution in [0.5, 0.6) is 11.5 Å². The van der Waals surface area contributed by atoms with E-state index in [-0.39, 0.29) is 6.71 Å². The Morgan fingerprint density at radius 3 is 2.52 bits per heavy atom. The summed E-state index contributed by atoms with van der Waals surface area (Å²) in [7, 11) is 0. The van der Waals surface area contributed by atoms with Crippen LogP contribution >= 0.6 is 0 Å². The summed E-state index contributed by atoms with van der Waals surface area (Å²) in [5, 5.41) is 1.20. The number of rotatable bonds is 0. The summed E-state index contributed by atoms with van der Waals surface area (Å²) in [6.07, 6.45) is 0. The molecule has 0 saturated carbocycles. The summed E-state index contributed by atoms with van der Waals surface area (Å²) in [5.74, 6) is 2.88. The third-order valence-electron chi connectivity index (χ3n) is 4.97. The van der Waals surface area contributed by atoms with E-state index in [1.54, 1.807) is 0 Å². The smallest absolute Gasteiger partial charge is 0.257 e. The third-order valence-corrected chi connectivity index (χ3v) is 4.97. The standard InChI is InChI=1S/C20H11BO2/c1-3-9-15-12(6-1)19-20(23-15)13-7-5-11-17-18(13)21(19)14-8-2-4-10-16(14)22-17/h1-11H. The van der Waals surface area contributed by atoms with Gasteiger partial charge in [0.15, 0.2) is 0 Å². The molecule has 2 aliphatic heterocycles. The maximum Gasteiger partial charge on any atom is 0.257 e. The normalized spacial score (nSPS) is 13.5. The number of hydrogen-bond acceptors (Lipinski definition) is 2. The van der Waals surface area contributed by atoms with Crippen LogP contribution in [0.15, 0.2) is 71.1 Å². The molecule has 4 aromatic rings. The highest BCUT2D eigenvalue weighted by molar-refractivity contribution is 7.01. The molecule has 3 aromatic carbocycles. The van der Waals surface area contributed by atoms with E-state index >= 15 is 0 Å². The zero-order valence-corrected chi connectivity index (χ0v) is 12.2. The molecule has 0 N–H and O–H groups in total. The van der Waals surface area contributed by atoms with E-state index in [9.17, 15) is 0 Å². The van der Waals surface area contributed by atoms with Gasteiger partial charge in [0, 0.05) is 10.9 Å². The van der Waals surface area contributed by atoms with Gasteiger partial charge in [-0.3, -0.25) is 0 Å². The molecule has 0 aliphatic carbocycles. The Hall–Kier alpha value is -2.94. The predicted octanol–water partition coefficient (Wildman–Crippen LogP) is 3.04. The van der Waals surface area contributed by atoms with Crippen LogP contribution in [0.25, 0.3) is 22.3 Å². The molecule has 0 amide bonds. The van der Waals surface area contributed by atoms with E-state index < -0.39 is 0 Å². The van der Waals surface area contributed by atoms with Gasteiger partial charge in [-0.1, -0.05) is 48.5 Å². The van der Waals surface area contributed by atoms with Crippen LogP contribution in [-0.4, -0.2) is 6.71 Å². The van der Waals surface area contributed by atoms with E-state index in [0.717, 1.165) is 28.4 Å². The lowest BCUT2D eigenvalue weighted by atomic mass is 9.37. The second kappa shape index (κ2) is 3.88. The Morgan fingerprint density at radius 2 is 1.52 bits per heavy atom. The Kier molecular flexibility index (Phi) is 1.96. The van der Waals surface area contributed by atoms with E-state index in [1.807, 2.05) is 30.3 Å². The van der Waals surface area contributed by atoms with Crippen molar-refractivity contribution in [2.45, 2.75) is 0 Å². The van der Waals surface area contributed by atoms with E-state index in [2.05, 4.69) is 36.4 Å². The molecule has 0 spiro atoms. The highest BCUT2D eigenvalue weighted by Gasteiger charge is 2.43. The molecular formula is C20H11BO2. The van der Waals surface area contributed by atoms with Crippen molar-refractivity contribution in [3.63, 3.8) is 0 Å². The molecule has 0 saturated heterocycles. The van der Waals surface area contributed by atoms with Crippen molar-refractivity contribution in [1.82, 2.24) is 0 Å². The van der Waals surface area contributed by atoms with Crippen LogP contribution in [0.1, 0.15) is 0 Å². The van der Waals surface area contributed by atoms with Crippen molar-refractivity contribution in [2.24, 2.45) is 0 Å². The average Bonchev–Trinajstić information content (AvgIpc) is 3.12. The molecular weight excluding hydrogens is 283 g/mol. The molecule has 106 valence electrons. The SMILES string of the molecule is c1ccc2c(c1)Oc1cccc3c1B2c1c-3oc2ccccc12. The minimum Gasteiger partial charge on any atom is -0.458 e. The summed E-state index contributed by atoms with van der Waals surface area (Å²) in [6.45, 7) is 0.199. The van der Waals surface area contributed by atoms with Crippen molar-refractivity contribution < 1.29 is 9.15 Å². The number of ether oxygens (including phenoxy) is 1. The molecule has 6 rings (SSSR count). The Labute approximate surface area is 133 Å². The fourth-order valence-electron chi connectivity index (χ4n) is 4.07. The van der Waals surface area contributed by atoms with Gasteiger partial charge in [-0.05, 0) is 34.6 Å². The number of fused-ring (bicyclic) bond motifs is 7. The van der Waals surface area contributed by atoms with Gasteiger partial charge in [0.05, 0.1) is 0 Å². The first-order valence-electron chi connectivity index (χ1n) is 7.83. The first-order chi connectivity index (χ1) is 11.4. The van der Waals surface area contributed by atoms with Crippen LogP contribution in [0, 0.1) is 0 Å². The van der Waals surface area contributed by atoms with Gasteiger partial charge in [0.2, 0.25) is 0 Å². The van der Waals surface area contributed by atoms with Gasteiger partial charge in [-0.2, -0.15) is 0 Å². The average molecular weight is 294 g/mol. The van der Waals surface area contributed by atoms with Crippen LogP contribution in [0.2, 0.25) is 0 Å². The molecule has 0 atom stereocenters. The molecule has 0 radical (unpaired) electrons. The second-order valence-corrected chi connectivity index (χ2v) is 6.13. The summed E-state index contributed by atoms with van der Waals surface area (Å²) >= 11 is 0. The highest BCUT2D eigenvalue weighted by Crippen LogP contribution is 2.36. The lowest BCUT2D eigenvalue weighted by molar-refractivity contribution is 0.487. The zero-order valence-electron chi connectivity index (χ0n) is 12.2. The molecule has 3 heterocycles. The van der Waals surface area contributed by atoms with Crippen molar-refractivity contribution in [1.29, 1.82) is 0 Å². The van der Waals surface area contributed by atoms with Crippen molar-refractivity contribution in [3.8, 4) is 22.8 Å². The van der Waals surface area contributed by atoms with Gasteiger partial charge in [-0.15, -0.1) is 0 Å². The molecule has 2 nitrogen and oxygen atoms in total. The first-order valence-corrected chi connectivity index (χ1v) is 7.83. The molecule has 0 fully saturated rings. The van der Waals surface area contributed by atoms with Crippen molar-refractivity contribution in [2.75, 3.05) is 0 Å². The number of benzene rings is 3. The lowest BCUT2D eigenvalue weighted by Gasteiger charge is -2.23. The van der Waals surface area contributed by atoms with Crippen LogP contribution in [0.4, 0.5) is 0 Å². The van der Waals surface area contributed by atoms with E-state index in [1.165, 1.54) is 21.8 Å². The van der Waals surface area contributed by atoms with Crippen molar-refractivity contribution in [3.05, 3.63) is 66.7 Å². The highest BCUT2D eigenvalue weighted by atomic mass is 16.5. The molecule has 1 aromatic heterocycles. The van der Waals surface area contributed by atoms with Crippen LogP contribution in [-0.2, 0) is 0 Å². The Bertz CT molecular complexity index is 1110. The molecule has 2 aliphatic rings. The maximum absolute atomic E-state index is 6.21. The van der Waals surface area contributed by atoms with Crippen LogP contribution < -0.4 is 21.1 Å². The quantitative estimate of drug-likeness (QED) is 0.402. The summed E-state index contributed by atoms with van der Waals surface area (Å²) in [6, 6.07) is 22.8. The zero-order chi connectivity index (χ0) is 15.0. The number of para-hydroxylation sites is 2. The predicted molar refractivity (Wildman–Crippen MR) is 92.8 cm³/mol. The maximum atomic E-state index is 6.21. The van der Waals surface area contributed by atoms with Gasteiger partial charge in [-0.25, -0.2) is 0 Å². The second-order valence-electron chi connectivity index (χ2n) is 6.13. The first kappa shape index (κ1) is 11.6. The topological polar surface area (TPSA) is 22.4 Å². The molecule has 23 heavy (non-hydrogen) atoms. The largest absolute Gasteiger partial charge is 0.458 e. The van der Waals surface area contributed by atoms with Gasteiger partial charge >= 0.3 is 0 Å². The fourth-order valence-corrected chi connectivity index (χ4v) is 4.07. The van der Waals surface area contributed by atoms with Gasteiger partial charge in [0.1, 0.15) is 22.8 Å².